The summed E-state index contributed by atoms with van der Waals surface area (Å²) in [5.74, 6) is 3.08. The lowest BCUT2D eigenvalue weighted by Crippen LogP contribution is -2.44. The first-order chi connectivity index (χ1) is 14.1. The molecule has 0 saturated carbocycles. The molecule has 0 radical (unpaired) electrons. The number of ether oxygens (including phenoxy) is 2. The molecule has 2 aromatic rings. The molecular formula is C21H28ClN5O2. The number of aliphatic imine (C=N–C) groups is 1. The van der Waals surface area contributed by atoms with E-state index in [-0.39, 0.29) is 6.04 Å². The van der Waals surface area contributed by atoms with Crippen LogP contribution in [0.2, 0.25) is 5.02 Å². The molecule has 0 aliphatic carbocycles. The number of halogens is 1. The summed E-state index contributed by atoms with van der Waals surface area (Å²) in [5.41, 5.74) is 1.09. The van der Waals surface area contributed by atoms with Crippen LogP contribution in [0.4, 0.5) is 5.82 Å². The van der Waals surface area contributed by atoms with E-state index in [4.69, 9.17) is 21.1 Å². The molecule has 1 unspecified atom stereocenters. The van der Waals surface area contributed by atoms with Gasteiger partial charge in [0.25, 0.3) is 0 Å². The van der Waals surface area contributed by atoms with E-state index in [1.54, 1.807) is 20.4 Å². The van der Waals surface area contributed by atoms with E-state index in [9.17, 15) is 0 Å². The molecule has 0 bridgehead atoms. The summed E-state index contributed by atoms with van der Waals surface area (Å²) in [6.07, 6.45) is 2.76. The van der Waals surface area contributed by atoms with Crippen molar-refractivity contribution in [3.8, 4) is 11.5 Å². The third-order valence-electron chi connectivity index (χ3n) is 4.78. The lowest BCUT2D eigenvalue weighted by atomic mass is 10.2. The minimum absolute atomic E-state index is 0.272. The van der Waals surface area contributed by atoms with Crippen LogP contribution in [0.15, 0.2) is 41.5 Å². The van der Waals surface area contributed by atoms with E-state index in [1.807, 2.05) is 37.3 Å². The van der Waals surface area contributed by atoms with Crippen molar-refractivity contribution in [2.24, 2.45) is 4.99 Å². The van der Waals surface area contributed by atoms with Crippen LogP contribution in [0.1, 0.15) is 18.9 Å². The second-order valence-electron chi connectivity index (χ2n) is 6.73. The molecule has 156 valence electrons. The van der Waals surface area contributed by atoms with Crippen molar-refractivity contribution in [3.63, 3.8) is 0 Å². The van der Waals surface area contributed by atoms with Gasteiger partial charge in [-0.25, -0.2) is 4.98 Å². The maximum atomic E-state index is 6.28. The fourth-order valence-electron chi connectivity index (χ4n) is 3.35. The standard InChI is InChI=1S/C21H28ClN5O2/c1-4-29-19-12-15(7-8-18(19)28-3)13-25-21(23-2)26-16-9-11-27(14-16)20-17(22)6-5-10-24-20/h5-8,10,12,16H,4,9,11,13-14H2,1-3H3,(H2,23,25,26). The Hall–Kier alpha value is -2.67. The molecule has 1 atom stereocenters. The Morgan fingerprint density at radius 1 is 1.34 bits per heavy atom. The van der Waals surface area contributed by atoms with Crippen LogP contribution in [0.5, 0.6) is 11.5 Å². The van der Waals surface area contributed by atoms with Gasteiger partial charge in [-0.05, 0) is 43.2 Å². The van der Waals surface area contributed by atoms with E-state index in [0.717, 1.165) is 48.4 Å². The predicted octanol–water partition coefficient (Wildman–Crippen LogP) is 3.09. The first-order valence-corrected chi connectivity index (χ1v) is 10.1. The number of nitrogens with one attached hydrogen (secondary N) is 2. The fraction of sp³-hybridized carbons (Fsp3) is 0.429. The Morgan fingerprint density at radius 3 is 2.93 bits per heavy atom. The average Bonchev–Trinajstić information content (AvgIpc) is 3.20. The van der Waals surface area contributed by atoms with Gasteiger partial charge in [-0.1, -0.05) is 17.7 Å². The Balaban J connectivity index is 1.55. The zero-order chi connectivity index (χ0) is 20.6. The van der Waals surface area contributed by atoms with E-state index in [2.05, 4.69) is 25.5 Å². The summed E-state index contributed by atoms with van der Waals surface area (Å²) in [6.45, 7) is 4.91. The Kier molecular flexibility index (Phi) is 7.41. The maximum absolute atomic E-state index is 6.28. The number of benzene rings is 1. The van der Waals surface area contributed by atoms with Gasteiger partial charge in [0.1, 0.15) is 5.82 Å². The number of methoxy groups -OCH3 is 1. The van der Waals surface area contributed by atoms with Gasteiger partial charge >= 0.3 is 0 Å². The van der Waals surface area contributed by atoms with Gasteiger partial charge in [-0.15, -0.1) is 0 Å². The van der Waals surface area contributed by atoms with Gasteiger partial charge < -0.3 is 25.0 Å². The number of guanidine groups is 1. The molecular weight excluding hydrogens is 390 g/mol. The normalized spacial score (nSPS) is 16.6. The maximum Gasteiger partial charge on any atom is 0.191 e. The topological polar surface area (TPSA) is 71.0 Å². The summed E-state index contributed by atoms with van der Waals surface area (Å²) in [7, 11) is 3.42. The van der Waals surface area contributed by atoms with Crippen molar-refractivity contribution in [1.82, 2.24) is 15.6 Å². The van der Waals surface area contributed by atoms with Crippen LogP contribution in [0, 0.1) is 0 Å². The minimum Gasteiger partial charge on any atom is -0.493 e. The van der Waals surface area contributed by atoms with E-state index < -0.39 is 0 Å². The highest BCUT2D eigenvalue weighted by atomic mass is 35.5. The number of nitrogens with zero attached hydrogens (tertiary/aromatic N) is 3. The second-order valence-corrected chi connectivity index (χ2v) is 7.14. The van der Waals surface area contributed by atoms with Crippen molar-refractivity contribution in [3.05, 3.63) is 47.1 Å². The van der Waals surface area contributed by atoms with Gasteiger partial charge in [0.15, 0.2) is 17.5 Å². The number of pyridine rings is 1. The fourth-order valence-corrected chi connectivity index (χ4v) is 3.59. The monoisotopic (exact) mass is 417 g/mol. The summed E-state index contributed by atoms with van der Waals surface area (Å²) >= 11 is 6.28. The molecule has 29 heavy (non-hydrogen) atoms. The van der Waals surface area contributed by atoms with Crippen LogP contribution in [0.3, 0.4) is 0 Å². The predicted molar refractivity (Wildman–Crippen MR) is 117 cm³/mol. The molecule has 2 heterocycles. The summed E-state index contributed by atoms with van der Waals surface area (Å²) < 4.78 is 11.0. The highest BCUT2D eigenvalue weighted by Crippen LogP contribution is 2.28. The lowest BCUT2D eigenvalue weighted by molar-refractivity contribution is 0.310. The lowest BCUT2D eigenvalue weighted by Gasteiger charge is -2.20. The molecule has 0 amide bonds. The van der Waals surface area contributed by atoms with Gasteiger partial charge in [-0.3, -0.25) is 4.99 Å². The number of rotatable bonds is 7. The van der Waals surface area contributed by atoms with E-state index >= 15 is 0 Å². The first kappa shape index (κ1) is 21.0. The number of aromatic nitrogens is 1. The first-order valence-electron chi connectivity index (χ1n) is 9.77. The molecule has 1 fully saturated rings. The van der Waals surface area contributed by atoms with E-state index in [0.29, 0.717) is 18.2 Å². The third-order valence-corrected chi connectivity index (χ3v) is 5.07. The van der Waals surface area contributed by atoms with Crippen molar-refractivity contribution in [1.29, 1.82) is 0 Å². The Bertz CT molecular complexity index is 846. The van der Waals surface area contributed by atoms with E-state index in [1.165, 1.54) is 0 Å². The number of hydrogen-bond acceptors (Lipinski definition) is 5. The molecule has 8 heteroatoms. The quantitative estimate of drug-likeness (QED) is 0.533. The minimum atomic E-state index is 0.272. The highest BCUT2D eigenvalue weighted by Gasteiger charge is 2.25. The van der Waals surface area contributed by atoms with Gasteiger partial charge in [0.05, 0.1) is 18.7 Å². The average molecular weight is 418 g/mol. The molecule has 7 nitrogen and oxygen atoms in total. The molecule has 3 rings (SSSR count). The van der Waals surface area contributed by atoms with Crippen LogP contribution < -0.4 is 25.0 Å². The number of hydrogen-bond donors (Lipinski definition) is 2. The molecule has 1 aliphatic rings. The molecule has 0 spiro atoms. The summed E-state index contributed by atoms with van der Waals surface area (Å²) in [4.78, 5) is 11.0. The van der Waals surface area contributed by atoms with Gasteiger partial charge in [0, 0.05) is 38.9 Å². The van der Waals surface area contributed by atoms with Crippen LogP contribution in [-0.2, 0) is 6.54 Å². The zero-order valence-electron chi connectivity index (χ0n) is 17.1. The second kappa shape index (κ2) is 10.2. The number of anilines is 1. The summed E-state index contributed by atoms with van der Waals surface area (Å²) in [5, 5.41) is 7.54. The van der Waals surface area contributed by atoms with Crippen LogP contribution in [-0.4, -0.2) is 50.8 Å². The molecule has 1 saturated heterocycles. The Labute approximate surface area is 177 Å². The van der Waals surface area contributed by atoms with Gasteiger partial charge in [-0.2, -0.15) is 0 Å². The van der Waals surface area contributed by atoms with Crippen molar-refractivity contribution >= 4 is 23.4 Å². The molecule has 1 aromatic heterocycles. The van der Waals surface area contributed by atoms with Crippen molar-refractivity contribution in [2.45, 2.75) is 25.9 Å². The largest absolute Gasteiger partial charge is 0.493 e. The van der Waals surface area contributed by atoms with Gasteiger partial charge in [0.2, 0.25) is 0 Å². The molecule has 1 aromatic carbocycles. The summed E-state index contributed by atoms with van der Waals surface area (Å²) in [6, 6.07) is 9.92. The van der Waals surface area contributed by atoms with Crippen molar-refractivity contribution < 1.29 is 9.47 Å². The molecule has 2 N–H and O–H groups in total. The highest BCUT2D eigenvalue weighted by molar-refractivity contribution is 6.32. The zero-order valence-corrected chi connectivity index (χ0v) is 17.9. The van der Waals surface area contributed by atoms with Crippen molar-refractivity contribution in [2.75, 3.05) is 38.8 Å². The third kappa shape index (κ3) is 5.44. The Morgan fingerprint density at radius 2 is 2.21 bits per heavy atom. The SMILES string of the molecule is CCOc1cc(CNC(=NC)NC2CCN(c3ncccc3Cl)C2)ccc1OC. The van der Waals surface area contributed by atoms with Crippen LogP contribution in [0.25, 0.3) is 0 Å². The molecule has 1 aliphatic heterocycles. The smallest absolute Gasteiger partial charge is 0.191 e. The van der Waals surface area contributed by atoms with Crippen LogP contribution >= 0.6 is 11.6 Å².